The highest BCUT2D eigenvalue weighted by molar-refractivity contribution is 6.69. The summed E-state index contributed by atoms with van der Waals surface area (Å²) in [7, 11) is -0.205. The molecule has 0 spiro atoms. The van der Waals surface area contributed by atoms with Crippen molar-refractivity contribution in [3.05, 3.63) is 71.8 Å². The lowest BCUT2D eigenvalue weighted by atomic mass is 9.66. The van der Waals surface area contributed by atoms with E-state index in [2.05, 4.69) is 43.9 Å². The Bertz CT molecular complexity index is 682. The van der Waals surface area contributed by atoms with E-state index in [1.54, 1.807) is 7.11 Å². The van der Waals surface area contributed by atoms with Crippen LogP contribution in [0.15, 0.2) is 60.7 Å². The molecule has 1 heterocycles. The van der Waals surface area contributed by atoms with Crippen LogP contribution in [0.25, 0.3) is 0 Å². The summed E-state index contributed by atoms with van der Waals surface area (Å²) >= 11 is 0. The van der Waals surface area contributed by atoms with Gasteiger partial charge in [-0.15, -0.1) is 0 Å². The number of ether oxygens (including phenoxy) is 2. The number of rotatable bonds is 5. The molecular weight excluding hydrogens is 328 g/mol. The van der Waals surface area contributed by atoms with Crippen LogP contribution in [0.2, 0.25) is 19.6 Å². The van der Waals surface area contributed by atoms with Crippen molar-refractivity contribution in [3.8, 4) is 0 Å². The van der Waals surface area contributed by atoms with E-state index in [4.69, 9.17) is 13.9 Å². The molecule has 0 bridgehead atoms. The molecule has 3 rings (SSSR count). The minimum atomic E-state index is -1.93. The first-order chi connectivity index (χ1) is 11.7. The van der Waals surface area contributed by atoms with Crippen LogP contribution in [0.3, 0.4) is 0 Å². The first-order valence-corrected chi connectivity index (χ1v) is 12.2. The molecule has 1 aliphatic rings. The fraction of sp³-hybridized carbons (Fsp3) is 0.429. The van der Waals surface area contributed by atoms with Crippen molar-refractivity contribution in [2.75, 3.05) is 7.11 Å². The molecule has 25 heavy (non-hydrogen) atoms. The van der Waals surface area contributed by atoms with Crippen molar-refractivity contribution >= 4 is 8.32 Å². The van der Waals surface area contributed by atoms with Crippen LogP contribution in [0.4, 0.5) is 0 Å². The molecule has 1 unspecified atom stereocenters. The second-order valence-electron chi connectivity index (χ2n) is 8.06. The maximum absolute atomic E-state index is 6.74. The van der Waals surface area contributed by atoms with Gasteiger partial charge in [-0.25, -0.2) is 0 Å². The minimum absolute atomic E-state index is 0.576. The van der Waals surface area contributed by atoms with Crippen LogP contribution >= 0.6 is 0 Å². The lowest BCUT2D eigenvalue weighted by molar-refractivity contribution is -0.462. The molecule has 3 nitrogen and oxygen atoms in total. The normalized spacial score (nSPS) is 24.6. The average Bonchev–Trinajstić information content (AvgIpc) is 2.58. The van der Waals surface area contributed by atoms with Gasteiger partial charge in [-0.2, -0.15) is 0 Å². The van der Waals surface area contributed by atoms with Crippen LogP contribution in [0.1, 0.15) is 25.0 Å². The van der Waals surface area contributed by atoms with E-state index in [1.165, 1.54) is 0 Å². The molecular formula is C21H28O3Si. The zero-order chi connectivity index (χ0) is 18.3. The van der Waals surface area contributed by atoms with E-state index in [0.29, 0.717) is 0 Å². The average molecular weight is 357 g/mol. The smallest absolute Gasteiger partial charge is 0.226 e. The SMILES string of the molecule is COC1(O[Si](C)(C)C)C(C)(C)OC1(c1ccccc1)c1ccccc1. The summed E-state index contributed by atoms with van der Waals surface area (Å²) in [5.41, 5.74) is 0.711. The Morgan fingerprint density at radius 3 is 1.56 bits per heavy atom. The number of hydrogen-bond acceptors (Lipinski definition) is 3. The minimum Gasteiger partial charge on any atom is -0.386 e. The molecule has 1 atom stereocenters. The molecule has 134 valence electrons. The van der Waals surface area contributed by atoms with Crippen molar-refractivity contribution in [2.45, 2.75) is 50.5 Å². The molecule has 1 aliphatic heterocycles. The van der Waals surface area contributed by atoms with Crippen molar-refractivity contribution in [1.29, 1.82) is 0 Å². The van der Waals surface area contributed by atoms with Gasteiger partial charge in [0.05, 0.1) is 0 Å². The van der Waals surface area contributed by atoms with Crippen LogP contribution in [0, 0.1) is 0 Å². The summed E-state index contributed by atoms with van der Waals surface area (Å²) in [6, 6.07) is 20.5. The predicted octanol–water partition coefficient (Wildman–Crippen LogP) is 4.93. The van der Waals surface area contributed by atoms with Gasteiger partial charge in [0.1, 0.15) is 5.60 Å². The highest BCUT2D eigenvalue weighted by Crippen LogP contribution is 2.62. The monoisotopic (exact) mass is 356 g/mol. The van der Waals surface area contributed by atoms with E-state index < -0.39 is 25.3 Å². The molecule has 0 radical (unpaired) electrons. The van der Waals surface area contributed by atoms with Gasteiger partial charge in [-0.3, -0.25) is 0 Å². The molecule has 4 heteroatoms. The largest absolute Gasteiger partial charge is 0.386 e. The summed E-state index contributed by atoms with van der Waals surface area (Å²) < 4.78 is 19.5. The van der Waals surface area contributed by atoms with Gasteiger partial charge in [0.15, 0.2) is 13.9 Å². The highest BCUT2D eigenvalue weighted by atomic mass is 28.4. The maximum Gasteiger partial charge on any atom is 0.226 e. The number of methoxy groups -OCH3 is 1. The van der Waals surface area contributed by atoms with Crippen LogP contribution < -0.4 is 0 Å². The van der Waals surface area contributed by atoms with E-state index >= 15 is 0 Å². The first-order valence-electron chi connectivity index (χ1n) is 8.75. The number of hydrogen-bond donors (Lipinski definition) is 0. The summed E-state index contributed by atoms with van der Waals surface area (Å²) in [5.74, 6) is -0.896. The van der Waals surface area contributed by atoms with Crippen LogP contribution in [-0.2, 0) is 19.5 Å². The molecule has 2 aromatic rings. The third kappa shape index (κ3) is 2.68. The van der Waals surface area contributed by atoms with E-state index in [9.17, 15) is 0 Å². The second kappa shape index (κ2) is 6.06. The summed E-state index contributed by atoms with van der Waals surface area (Å²) in [6.45, 7) is 10.6. The second-order valence-corrected chi connectivity index (χ2v) is 12.5. The van der Waals surface area contributed by atoms with E-state index in [-0.39, 0.29) is 0 Å². The maximum atomic E-state index is 6.74. The van der Waals surface area contributed by atoms with Crippen molar-refractivity contribution < 1.29 is 13.9 Å². The zero-order valence-electron chi connectivity index (χ0n) is 16.0. The molecule has 0 aromatic heterocycles. The quantitative estimate of drug-likeness (QED) is 0.561. The van der Waals surface area contributed by atoms with E-state index in [1.807, 2.05) is 50.2 Å². The summed E-state index contributed by atoms with van der Waals surface area (Å²) in [5, 5.41) is 0. The van der Waals surface area contributed by atoms with Crippen LogP contribution in [-0.4, -0.2) is 26.8 Å². The van der Waals surface area contributed by atoms with Crippen LogP contribution in [0.5, 0.6) is 0 Å². The molecule has 0 amide bonds. The topological polar surface area (TPSA) is 27.7 Å². The lowest BCUT2D eigenvalue weighted by Gasteiger charge is -2.67. The lowest BCUT2D eigenvalue weighted by Crippen LogP contribution is -2.81. The first kappa shape index (κ1) is 18.3. The van der Waals surface area contributed by atoms with Gasteiger partial charge in [0, 0.05) is 7.11 Å². The summed E-state index contributed by atoms with van der Waals surface area (Å²) in [4.78, 5) is 0. The third-order valence-corrected chi connectivity index (χ3v) is 5.66. The predicted molar refractivity (Wildman–Crippen MR) is 103 cm³/mol. The van der Waals surface area contributed by atoms with Gasteiger partial charge >= 0.3 is 0 Å². The Labute approximate surface area is 152 Å². The molecule has 1 fully saturated rings. The van der Waals surface area contributed by atoms with Crippen molar-refractivity contribution in [2.24, 2.45) is 0 Å². The Balaban J connectivity index is 2.28. The fourth-order valence-corrected chi connectivity index (χ4v) is 5.30. The molecule has 0 saturated carbocycles. The van der Waals surface area contributed by atoms with E-state index in [0.717, 1.165) is 11.1 Å². The third-order valence-electron chi connectivity index (χ3n) is 4.76. The Kier molecular flexibility index (Phi) is 4.44. The number of benzene rings is 2. The Hall–Kier alpha value is -1.46. The Morgan fingerprint density at radius 1 is 0.800 bits per heavy atom. The molecule has 1 saturated heterocycles. The molecule has 2 aromatic carbocycles. The molecule has 0 N–H and O–H groups in total. The van der Waals surface area contributed by atoms with Gasteiger partial charge in [0.2, 0.25) is 5.79 Å². The van der Waals surface area contributed by atoms with Gasteiger partial charge in [-0.1, -0.05) is 60.7 Å². The molecule has 0 aliphatic carbocycles. The summed E-state index contributed by atoms with van der Waals surface area (Å²) in [6.07, 6.45) is 0. The van der Waals surface area contributed by atoms with Crippen molar-refractivity contribution in [3.63, 3.8) is 0 Å². The van der Waals surface area contributed by atoms with Gasteiger partial charge < -0.3 is 13.9 Å². The zero-order valence-corrected chi connectivity index (χ0v) is 17.0. The van der Waals surface area contributed by atoms with Crippen molar-refractivity contribution in [1.82, 2.24) is 0 Å². The highest BCUT2D eigenvalue weighted by Gasteiger charge is 2.76. The Morgan fingerprint density at radius 2 is 1.24 bits per heavy atom. The van der Waals surface area contributed by atoms with Gasteiger partial charge in [0.25, 0.3) is 0 Å². The standard InChI is InChI=1S/C21H28O3Si/c1-19(2)21(22-3,24-25(4,5)6)20(23-19,17-13-9-7-10-14-17)18-15-11-8-12-16-18/h7-16H,1-6H3. The van der Waals surface area contributed by atoms with Gasteiger partial charge in [-0.05, 0) is 44.6 Å². The fourth-order valence-electron chi connectivity index (χ4n) is 3.96.